The van der Waals surface area contributed by atoms with Crippen LogP contribution in [0.25, 0.3) is 0 Å². The summed E-state index contributed by atoms with van der Waals surface area (Å²) in [5, 5.41) is 0.674. The monoisotopic (exact) mass is 423 g/mol. The highest BCUT2D eigenvalue weighted by atomic mass is 35.5. The second-order valence-corrected chi connectivity index (χ2v) is 6.71. The van der Waals surface area contributed by atoms with Crippen LogP contribution in [-0.2, 0) is 6.42 Å². The van der Waals surface area contributed by atoms with Crippen LogP contribution in [0.15, 0.2) is 36.4 Å². The second-order valence-electron chi connectivity index (χ2n) is 5.89. The van der Waals surface area contributed by atoms with E-state index >= 15 is 0 Å². The van der Waals surface area contributed by atoms with Crippen molar-refractivity contribution in [3.05, 3.63) is 57.5 Å². The van der Waals surface area contributed by atoms with Crippen LogP contribution in [0, 0.1) is 0 Å². The largest absolute Gasteiger partial charge is 0.493 e. The summed E-state index contributed by atoms with van der Waals surface area (Å²) in [7, 11) is 3.02. The molecule has 150 valence electrons. The molecule has 0 saturated heterocycles. The molecule has 5 nitrogen and oxygen atoms in total. The van der Waals surface area contributed by atoms with E-state index in [-0.39, 0.29) is 12.2 Å². The number of ether oxygens (including phenoxy) is 3. The van der Waals surface area contributed by atoms with Gasteiger partial charge in [0.05, 0.1) is 29.8 Å². The lowest BCUT2D eigenvalue weighted by atomic mass is 10.0. The van der Waals surface area contributed by atoms with E-state index in [1.165, 1.54) is 26.6 Å². The van der Waals surface area contributed by atoms with Crippen LogP contribution in [0.4, 0.5) is 0 Å². The molecule has 0 unspecified atom stereocenters. The van der Waals surface area contributed by atoms with Crippen LogP contribution in [0.3, 0.4) is 0 Å². The van der Waals surface area contributed by atoms with Crippen LogP contribution < -0.4 is 14.2 Å². The SMILES string of the molecule is CCC=C(CC)Oc1c(OC)ccc(C(=O)Cc2c(Cl)cncc2Cl)c1OC. The summed E-state index contributed by atoms with van der Waals surface area (Å²) in [6, 6.07) is 3.32. The maximum Gasteiger partial charge on any atom is 0.211 e. The van der Waals surface area contributed by atoms with Crippen molar-refractivity contribution in [3.8, 4) is 17.2 Å². The Kier molecular flexibility index (Phi) is 8.15. The maximum atomic E-state index is 13.0. The third-order valence-corrected chi connectivity index (χ3v) is 4.75. The van der Waals surface area contributed by atoms with Gasteiger partial charge < -0.3 is 14.2 Å². The van der Waals surface area contributed by atoms with Gasteiger partial charge in [-0.2, -0.15) is 0 Å². The maximum absolute atomic E-state index is 13.0. The number of halogens is 2. The van der Waals surface area contributed by atoms with Gasteiger partial charge in [-0.05, 0) is 24.6 Å². The zero-order valence-corrected chi connectivity index (χ0v) is 17.9. The molecular formula is C21H23Cl2NO4. The van der Waals surface area contributed by atoms with Gasteiger partial charge in [-0.3, -0.25) is 9.78 Å². The average Bonchev–Trinajstić information content (AvgIpc) is 2.69. The van der Waals surface area contributed by atoms with Crippen molar-refractivity contribution in [2.45, 2.75) is 33.1 Å². The fraction of sp³-hybridized carbons (Fsp3) is 0.333. The quantitative estimate of drug-likeness (QED) is 0.370. The Hall–Kier alpha value is -2.24. The van der Waals surface area contributed by atoms with Crippen molar-refractivity contribution in [2.75, 3.05) is 14.2 Å². The Morgan fingerprint density at radius 2 is 1.75 bits per heavy atom. The predicted octanol–water partition coefficient (Wildman–Crippen LogP) is 5.91. The molecule has 0 saturated carbocycles. The minimum atomic E-state index is -0.211. The standard InChI is InChI=1S/C21H23Cl2NO4/c1-5-7-13(6-2)28-21-19(26-3)9-8-14(20(21)27-4)18(25)10-15-16(22)11-24-12-17(15)23/h7-9,11-12H,5-6,10H2,1-4H3. The first-order valence-corrected chi connectivity index (χ1v) is 9.65. The fourth-order valence-electron chi connectivity index (χ4n) is 2.70. The molecule has 0 atom stereocenters. The van der Waals surface area contributed by atoms with Gasteiger partial charge in [-0.1, -0.05) is 37.0 Å². The molecule has 0 bridgehead atoms. The summed E-state index contributed by atoms with van der Waals surface area (Å²) >= 11 is 12.3. The molecule has 0 aliphatic carbocycles. The Bertz CT molecular complexity index is 861. The molecule has 0 fully saturated rings. The van der Waals surface area contributed by atoms with Crippen molar-refractivity contribution in [1.82, 2.24) is 4.98 Å². The number of Topliss-reactive ketones (excluding diaryl/α,β-unsaturated/α-hetero) is 1. The molecule has 2 rings (SSSR count). The van der Waals surface area contributed by atoms with Crippen LogP contribution in [-0.4, -0.2) is 25.0 Å². The van der Waals surface area contributed by atoms with Crippen molar-refractivity contribution in [3.63, 3.8) is 0 Å². The van der Waals surface area contributed by atoms with E-state index < -0.39 is 0 Å². The third kappa shape index (κ3) is 4.97. The first-order valence-electron chi connectivity index (χ1n) is 8.89. The summed E-state index contributed by atoms with van der Waals surface area (Å²) in [6.07, 6.45) is 6.42. The molecule has 28 heavy (non-hydrogen) atoms. The van der Waals surface area contributed by atoms with Crippen LogP contribution in [0.2, 0.25) is 10.0 Å². The second kappa shape index (κ2) is 10.3. The first kappa shape index (κ1) is 22.1. The molecule has 0 spiro atoms. The van der Waals surface area contributed by atoms with Crippen LogP contribution in [0.1, 0.15) is 42.6 Å². The van der Waals surface area contributed by atoms with Crippen molar-refractivity contribution >= 4 is 29.0 Å². The molecular weight excluding hydrogens is 401 g/mol. The van der Waals surface area contributed by atoms with E-state index in [2.05, 4.69) is 4.98 Å². The molecule has 0 amide bonds. The summed E-state index contributed by atoms with van der Waals surface area (Å²) < 4.78 is 17.0. The number of aromatic nitrogens is 1. The number of carbonyl (C=O) groups excluding carboxylic acids is 1. The lowest BCUT2D eigenvalue weighted by molar-refractivity contribution is 0.0989. The number of benzene rings is 1. The number of hydrogen-bond donors (Lipinski definition) is 0. The number of carbonyl (C=O) groups is 1. The van der Waals surface area contributed by atoms with Crippen LogP contribution >= 0.6 is 23.2 Å². The van der Waals surface area contributed by atoms with Gasteiger partial charge in [0.2, 0.25) is 5.75 Å². The van der Waals surface area contributed by atoms with E-state index in [0.29, 0.717) is 44.8 Å². The summed E-state index contributed by atoms with van der Waals surface area (Å²) in [4.78, 5) is 16.9. The average molecular weight is 424 g/mol. The summed E-state index contributed by atoms with van der Waals surface area (Å²) in [6.45, 7) is 4.01. The van der Waals surface area contributed by atoms with E-state index in [1.807, 2.05) is 19.9 Å². The highest BCUT2D eigenvalue weighted by Crippen LogP contribution is 2.42. The van der Waals surface area contributed by atoms with Gasteiger partial charge in [0.25, 0.3) is 0 Å². The van der Waals surface area contributed by atoms with Gasteiger partial charge in [0, 0.05) is 30.8 Å². The smallest absolute Gasteiger partial charge is 0.211 e. The number of nitrogens with zero attached hydrogens (tertiary/aromatic N) is 1. The van der Waals surface area contributed by atoms with E-state index in [4.69, 9.17) is 37.4 Å². The van der Waals surface area contributed by atoms with Crippen molar-refractivity contribution in [1.29, 1.82) is 0 Å². The minimum absolute atomic E-state index is 0.00769. The lowest BCUT2D eigenvalue weighted by Gasteiger charge is -2.18. The number of allylic oxidation sites excluding steroid dienone is 2. The molecule has 1 heterocycles. The zero-order valence-electron chi connectivity index (χ0n) is 16.3. The number of methoxy groups -OCH3 is 2. The molecule has 0 N–H and O–H groups in total. The molecule has 2 aromatic rings. The third-order valence-electron chi connectivity index (χ3n) is 4.10. The Balaban J connectivity index is 2.48. The number of rotatable bonds is 9. The molecule has 0 aliphatic heterocycles. The van der Waals surface area contributed by atoms with Gasteiger partial charge in [0.15, 0.2) is 17.3 Å². The topological polar surface area (TPSA) is 57.7 Å². The predicted molar refractivity (Wildman–Crippen MR) is 111 cm³/mol. The normalized spacial score (nSPS) is 11.3. The number of pyridine rings is 1. The van der Waals surface area contributed by atoms with Gasteiger partial charge in [-0.15, -0.1) is 0 Å². The van der Waals surface area contributed by atoms with Crippen molar-refractivity contribution < 1.29 is 19.0 Å². The number of hydrogen-bond acceptors (Lipinski definition) is 5. The minimum Gasteiger partial charge on any atom is -0.493 e. The molecule has 0 radical (unpaired) electrons. The Morgan fingerprint density at radius 1 is 1.07 bits per heavy atom. The highest BCUT2D eigenvalue weighted by molar-refractivity contribution is 6.36. The summed E-state index contributed by atoms with van der Waals surface area (Å²) in [5.74, 6) is 1.70. The lowest BCUT2D eigenvalue weighted by Crippen LogP contribution is -2.09. The zero-order chi connectivity index (χ0) is 20.7. The van der Waals surface area contributed by atoms with E-state index in [9.17, 15) is 4.79 Å². The Labute approximate surface area is 175 Å². The van der Waals surface area contributed by atoms with Crippen LogP contribution in [0.5, 0.6) is 17.2 Å². The fourth-order valence-corrected chi connectivity index (χ4v) is 3.20. The number of ketones is 1. The molecule has 7 heteroatoms. The molecule has 1 aromatic carbocycles. The highest BCUT2D eigenvalue weighted by Gasteiger charge is 2.23. The summed E-state index contributed by atoms with van der Waals surface area (Å²) in [5.41, 5.74) is 0.873. The first-order chi connectivity index (χ1) is 13.5. The van der Waals surface area contributed by atoms with Gasteiger partial charge >= 0.3 is 0 Å². The van der Waals surface area contributed by atoms with E-state index in [0.717, 1.165) is 12.2 Å². The van der Waals surface area contributed by atoms with Crippen molar-refractivity contribution in [2.24, 2.45) is 0 Å². The molecule has 0 aliphatic rings. The van der Waals surface area contributed by atoms with E-state index in [1.54, 1.807) is 12.1 Å². The van der Waals surface area contributed by atoms with Gasteiger partial charge in [0.1, 0.15) is 5.76 Å². The van der Waals surface area contributed by atoms with Gasteiger partial charge in [-0.25, -0.2) is 0 Å². The Morgan fingerprint density at radius 3 is 2.29 bits per heavy atom. The molecule has 1 aromatic heterocycles.